The molecule has 0 saturated heterocycles. The number of nitrogens with one attached hydrogen (secondary N) is 1. The molecule has 4 heteroatoms. The van der Waals surface area contributed by atoms with Gasteiger partial charge in [-0.15, -0.1) is 11.6 Å². The fourth-order valence-corrected chi connectivity index (χ4v) is 2.16. The minimum Gasteiger partial charge on any atom is -0.497 e. The molecule has 0 spiro atoms. The van der Waals surface area contributed by atoms with E-state index in [1.54, 1.807) is 7.11 Å². The first-order valence-corrected chi connectivity index (χ1v) is 6.85. The Hall–Kier alpha value is -0.930. The van der Waals surface area contributed by atoms with Crippen molar-refractivity contribution in [3.8, 4) is 11.5 Å². The largest absolute Gasteiger partial charge is 0.497 e. The molecule has 100 valence electrons. The molecule has 1 saturated carbocycles. The summed E-state index contributed by atoms with van der Waals surface area (Å²) in [5.74, 6) is 2.48. The molecule has 1 fully saturated rings. The second kappa shape index (κ2) is 6.30. The lowest BCUT2D eigenvalue weighted by atomic mass is 10.1. The van der Waals surface area contributed by atoms with Gasteiger partial charge in [0.05, 0.1) is 7.11 Å². The van der Waals surface area contributed by atoms with Crippen LogP contribution in [0.3, 0.4) is 0 Å². The Bertz CT molecular complexity index is 363. The van der Waals surface area contributed by atoms with Crippen molar-refractivity contribution in [1.82, 2.24) is 5.32 Å². The molecule has 1 aromatic carbocycles. The van der Waals surface area contributed by atoms with Gasteiger partial charge in [-0.3, -0.25) is 0 Å². The molecular weight excluding hydrogens is 250 g/mol. The van der Waals surface area contributed by atoms with Gasteiger partial charge in [0.25, 0.3) is 0 Å². The predicted molar refractivity (Wildman–Crippen MR) is 73.7 cm³/mol. The Morgan fingerprint density at radius 1 is 1.22 bits per heavy atom. The number of halogens is 1. The van der Waals surface area contributed by atoms with E-state index in [-0.39, 0.29) is 0 Å². The Morgan fingerprint density at radius 3 is 2.44 bits per heavy atom. The molecule has 0 unspecified atom stereocenters. The van der Waals surface area contributed by atoms with Crippen LogP contribution in [0.5, 0.6) is 11.5 Å². The normalized spacial score (nSPS) is 16.3. The van der Waals surface area contributed by atoms with Crippen molar-refractivity contribution in [2.75, 3.05) is 32.7 Å². The summed E-state index contributed by atoms with van der Waals surface area (Å²) in [5, 5.41) is 3.40. The fourth-order valence-electron chi connectivity index (χ4n) is 1.80. The number of rotatable bonds is 8. The lowest BCUT2D eigenvalue weighted by molar-refractivity contribution is 0.308. The zero-order valence-electron chi connectivity index (χ0n) is 10.7. The van der Waals surface area contributed by atoms with Gasteiger partial charge in [0, 0.05) is 19.0 Å². The molecule has 0 bridgehead atoms. The second-order valence-electron chi connectivity index (χ2n) is 4.83. The highest BCUT2D eigenvalue weighted by Gasteiger charge is 2.40. The molecule has 2 rings (SSSR count). The molecule has 0 amide bonds. The molecule has 3 nitrogen and oxygen atoms in total. The zero-order chi connectivity index (χ0) is 12.8. The van der Waals surface area contributed by atoms with Gasteiger partial charge in [-0.25, -0.2) is 0 Å². The van der Waals surface area contributed by atoms with Gasteiger partial charge in [-0.05, 0) is 42.5 Å². The van der Waals surface area contributed by atoms with Gasteiger partial charge in [0.15, 0.2) is 0 Å². The summed E-state index contributed by atoms with van der Waals surface area (Å²) in [7, 11) is 1.66. The van der Waals surface area contributed by atoms with E-state index in [9.17, 15) is 0 Å². The van der Waals surface area contributed by atoms with Crippen LogP contribution in [0.25, 0.3) is 0 Å². The molecule has 1 N–H and O–H groups in total. The van der Waals surface area contributed by atoms with Crippen molar-refractivity contribution < 1.29 is 9.47 Å². The van der Waals surface area contributed by atoms with E-state index in [0.717, 1.165) is 30.5 Å². The number of hydrogen-bond donors (Lipinski definition) is 1. The van der Waals surface area contributed by atoms with Gasteiger partial charge >= 0.3 is 0 Å². The zero-order valence-corrected chi connectivity index (χ0v) is 11.5. The van der Waals surface area contributed by atoms with Crippen LogP contribution < -0.4 is 14.8 Å². The Labute approximate surface area is 113 Å². The summed E-state index contributed by atoms with van der Waals surface area (Å²) in [4.78, 5) is 0. The molecule has 0 heterocycles. The summed E-state index contributed by atoms with van der Waals surface area (Å²) in [6, 6.07) is 7.63. The monoisotopic (exact) mass is 269 g/mol. The molecule has 1 aliphatic carbocycles. The van der Waals surface area contributed by atoms with Gasteiger partial charge in [-0.1, -0.05) is 0 Å². The fraction of sp³-hybridized carbons (Fsp3) is 0.571. The minimum atomic E-state index is 0.377. The average Bonchev–Trinajstić information content (AvgIpc) is 3.20. The standard InChI is InChI=1S/C14H20ClNO2/c1-17-12-2-4-13(5-3-12)18-9-8-16-11-14(10-15)6-7-14/h2-5,16H,6-11H2,1H3. The molecule has 1 aliphatic rings. The van der Waals surface area contributed by atoms with Crippen LogP contribution in [0.15, 0.2) is 24.3 Å². The quantitative estimate of drug-likeness (QED) is 0.581. The highest BCUT2D eigenvalue weighted by molar-refractivity contribution is 6.18. The first-order valence-electron chi connectivity index (χ1n) is 6.32. The van der Waals surface area contributed by atoms with Crippen molar-refractivity contribution in [3.63, 3.8) is 0 Å². The number of alkyl halides is 1. The van der Waals surface area contributed by atoms with E-state index in [2.05, 4.69) is 5.32 Å². The number of benzene rings is 1. The maximum atomic E-state index is 5.91. The molecule has 0 radical (unpaired) electrons. The van der Waals surface area contributed by atoms with Crippen LogP contribution in [0.4, 0.5) is 0 Å². The highest BCUT2D eigenvalue weighted by atomic mass is 35.5. The van der Waals surface area contributed by atoms with Crippen LogP contribution in [-0.2, 0) is 0 Å². The van der Waals surface area contributed by atoms with Gasteiger partial charge in [0.2, 0.25) is 0 Å². The van der Waals surface area contributed by atoms with E-state index in [1.807, 2.05) is 24.3 Å². The molecule has 0 atom stereocenters. The second-order valence-corrected chi connectivity index (χ2v) is 5.10. The summed E-state index contributed by atoms with van der Waals surface area (Å²) >= 11 is 5.91. The van der Waals surface area contributed by atoms with E-state index in [4.69, 9.17) is 21.1 Å². The van der Waals surface area contributed by atoms with E-state index >= 15 is 0 Å². The lowest BCUT2D eigenvalue weighted by Crippen LogP contribution is -2.28. The highest BCUT2D eigenvalue weighted by Crippen LogP contribution is 2.45. The maximum absolute atomic E-state index is 5.91. The first-order chi connectivity index (χ1) is 8.78. The van der Waals surface area contributed by atoms with Gasteiger partial charge in [0.1, 0.15) is 18.1 Å². The van der Waals surface area contributed by atoms with Crippen molar-refractivity contribution >= 4 is 11.6 Å². The summed E-state index contributed by atoms with van der Waals surface area (Å²) in [5.41, 5.74) is 0.377. The third-order valence-electron chi connectivity index (χ3n) is 3.35. The van der Waals surface area contributed by atoms with Crippen LogP contribution in [-0.4, -0.2) is 32.7 Å². The van der Waals surface area contributed by atoms with Crippen LogP contribution in [0.2, 0.25) is 0 Å². The third kappa shape index (κ3) is 3.79. The smallest absolute Gasteiger partial charge is 0.119 e. The maximum Gasteiger partial charge on any atom is 0.119 e. The van der Waals surface area contributed by atoms with Crippen molar-refractivity contribution in [2.24, 2.45) is 5.41 Å². The van der Waals surface area contributed by atoms with E-state index in [1.165, 1.54) is 12.8 Å². The molecule has 1 aromatic rings. The van der Waals surface area contributed by atoms with Gasteiger partial charge in [-0.2, -0.15) is 0 Å². The Balaban J connectivity index is 1.60. The SMILES string of the molecule is COc1ccc(OCCNCC2(CCl)CC2)cc1. The van der Waals surface area contributed by atoms with E-state index < -0.39 is 0 Å². The van der Waals surface area contributed by atoms with Crippen molar-refractivity contribution in [3.05, 3.63) is 24.3 Å². The Morgan fingerprint density at radius 2 is 1.89 bits per heavy atom. The topological polar surface area (TPSA) is 30.5 Å². The van der Waals surface area contributed by atoms with Crippen molar-refractivity contribution in [1.29, 1.82) is 0 Å². The van der Waals surface area contributed by atoms with Crippen LogP contribution >= 0.6 is 11.6 Å². The third-order valence-corrected chi connectivity index (χ3v) is 3.91. The molecule has 0 aromatic heterocycles. The van der Waals surface area contributed by atoms with Crippen LogP contribution in [0.1, 0.15) is 12.8 Å². The number of ether oxygens (including phenoxy) is 2. The molecule has 0 aliphatic heterocycles. The van der Waals surface area contributed by atoms with Gasteiger partial charge < -0.3 is 14.8 Å². The summed E-state index contributed by atoms with van der Waals surface area (Å²) < 4.78 is 10.7. The van der Waals surface area contributed by atoms with Crippen LogP contribution in [0, 0.1) is 5.41 Å². The lowest BCUT2D eigenvalue weighted by Gasteiger charge is -2.12. The summed E-state index contributed by atoms with van der Waals surface area (Å²) in [6.45, 7) is 2.53. The summed E-state index contributed by atoms with van der Waals surface area (Å²) in [6.07, 6.45) is 2.51. The predicted octanol–water partition coefficient (Wildman–Crippen LogP) is 2.68. The minimum absolute atomic E-state index is 0.377. The van der Waals surface area contributed by atoms with E-state index in [0.29, 0.717) is 12.0 Å². The average molecular weight is 270 g/mol. The molecular formula is C14H20ClNO2. The number of hydrogen-bond acceptors (Lipinski definition) is 3. The number of methoxy groups -OCH3 is 1. The Kier molecular flexibility index (Phi) is 4.72. The first kappa shape index (κ1) is 13.5. The molecule has 18 heavy (non-hydrogen) atoms. The van der Waals surface area contributed by atoms with Crippen molar-refractivity contribution in [2.45, 2.75) is 12.8 Å².